The second-order valence-electron chi connectivity index (χ2n) is 7.32. The fourth-order valence-electron chi connectivity index (χ4n) is 2.53. The maximum Gasteiger partial charge on any atom is 0.460 e. The van der Waals surface area contributed by atoms with Gasteiger partial charge in [0.2, 0.25) is 0 Å². The molecule has 0 aliphatic heterocycles. The zero-order chi connectivity index (χ0) is 30.2. The van der Waals surface area contributed by atoms with Crippen LogP contribution < -0.4 is 4.74 Å². The normalized spacial score (nSPS) is 15.1. The van der Waals surface area contributed by atoms with Crippen LogP contribution >= 0.6 is 21.6 Å². The summed E-state index contributed by atoms with van der Waals surface area (Å²) < 4.78 is 229. The van der Waals surface area contributed by atoms with Crippen molar-refractivity contribution in [1.82, 2.24) is 0 Å². The van der Waals surface area contributed by atoms with E-state index in [9.17, 15) is 74.6 Å². The molecule has 222 valence electrons. The van der Waals surface area contributed by atoms with Gasteiger partial charge in [-0.05, 0) is 36.9 Å². The van der Waals surface area contributed by atoms with Crippen LogP contribution in [-0.4, -0.2) is 60.5 Å². The van der Waals surface area contributed by atoms with Crippen LogP contribution in [0.3, 0.4) is 0 Å². The third kappa shape index (κ3) is 5.70. The maximum absolute atomic E-state index is 13.8. The van der Waals surface area contributed by atoms with E-state index in [0.29, 0.717) is 4.90 Å². The van der Waals surface area contributed by atoms with Crippen LogP contribution in [0.2, 0.25) is 0 Å². The Morgan fingerprint density at radius 2 is 0.974 bits per heavy atom. The monoisotopic (exact) mass is 633 g/mol. The first kappa shape index (κ1) is 34.6. The molecule has 38 heavy (non-hydrogen) atoms. The molecular formula is C18H13F17OS2. The van der Waals surface area contributed by atoms with Crippen molar-refractivity contribution in [3.05, 3.63) is 24.3 Å². The number of ether oxygens (including phenoxy) is 1. The Balaban J connectivity index is 3.16. The SMILES string of the molecule is [13CH3]SSc1ccc(OCCCC(F)(F)C(F)(F)C(F)(F)C(F)(F)C(F)(F)C(F)(F)C(F)(F)C(F)(F)F)cc1. The van der Waals surface area contributed by atoms with Gasteiger partial charge in [-0.3, -0.25) is 0 Å². The number of alkyl halides is 17. The Morgan fingerprint density at radius 3 is 1.37 bits per heavy atom. The molecule has 1 nitrogen and oxygen atoms in total. The Kier molecular flexibility index (Phi) is 9.85. The minimum Gasteiger partial charge on any atom is -0.494 e. The lowest BCUT2D eigenvalue weighted by Gasteiger charge is -2.42. The van der Waals surface area contributed by atoms with Gasteiger partial charge in [0.25, 0.3) is 0 Å². The Bertz CT molecular complexity index is 928. The molecule has 0 bridgehead atoms. The molecule has 0 aliphatic carbocycles. The predicted octanol–water partition coefficient (Wildman–Crippen LogP) is 9.23. The van der Waals surface area contributed by atoms with Gasteiger partial charge in [-0.25, -0.2) is 0 Å². The van der Waals surface area contributed by atoms with E-state index < -0.39 is 67.1 Å². The van der Waals surface area contributed by atoms with Gasteiger partial charge in [-0.1, -0.05) is 21.6 Å². The molecule has 20 heteroatoms. The van der Waals surface area contributed by atoms with Gasteiger partial charge in [-0.15, -0.1) is 0 Å². The van der Waals surface area contributed by atoms with Gasteiger partial charge in [0.1, 0.15) is 5.75 Å². The minimum atomic E-state index is -8.62. The van der Waals surface area contributed by atoms with E-state index in [1.165, 1.54) is 45.9 Å². The van der Waals surface area contributed by atoms with Crippen LogP contribution in [0.4, 0.5) is 74.6 Å². The van der Waals surface area contributed by atoms with Crippen molar-refractivity contribution in [2.75, 3.05) is 12.9 Å². The highest BCUT2D eigenvalue weighted by molar-refractivity contribution is 8.76. The zero-order valence-electron chi connectivity index (χ0n) is 18.1. The van der Waals surface area contributed by atoms with Gasteiger partial charge >= 0.3 is 47.6 Å². The van der Waals surface area contributed by atoms with E-state index in [1.807, 2.05) is 0 Å². The molecule has 1 aromatic carbocycles. The summed E-state index contributed by atoms with van der Waals surface area (Å²) in [4.78, 5) is 0.676. The van der Waals surface area contributed by atoms with Crippen LogP contribution in [0, 0.1) is 0 Å². The van der Waals surface area contributed by atoms with Crippen molar-refractivity contribution in [2.45, 2.75) is 65.4 Å². The zero-order valence-corrected chi connectivity index (χ0v) is 19.7. The number of hydrogen-bond acceptors (Lipinski definition) is 3. The first-order valence-electron chi connectivity index (χ1n) is 9.41. The first-order valence-corrected chi connectivity index (χ1v) is 12.0. The van der Waals surface area contributed by atoms with Crippen molar-refractivity contribution < 1.29 is 79.4 Å². The van der Waals surface area contributed by atoms with Crippen molar-refractivity contribution in [2.24, 2.45) is 0 Å². The van der Waals surface area contributed by atoms with Crippen LogP contribution in [0.15, 0.2) is 29.2 Å². The number of hydrogen-bond donors (Lipinski definition) is 0. The highest BCUT2D eigenvalue weighted by Crippen LogP contribution is 2.64. The molecule has 1 aromatic rings. The Hall–Kier alpha value is -1.47. The second-order valence-corrected chi connectivity index (χ2v) is 9.79. The molecule has 0 amide bonds. The van der Waals surface area contributed by atoms with E-state index >= 15 is 0 Å². The van der Waals surface area contributed by atoms with Crippen LogP contribution in [-0.2, 0) is 0 Å². The van der Waals surface area contributed by atoms with E-state index in [0.717, 1.165) is 0 Å². The molecule has 0 fully saturated rings. The first-order chi connectivity index (χ1) is 16.8. The highest BCUT2D eigenvalue weighted by atomic mass is 33.1. The average molecular weight is 633 g/mol. The molecule has 0 atom stereocenters. The summed E-state index contributed by atoms with van der Waals surface area (Å²) in [6, 6.07) is 5.39. The van der Waals surface area contributed by atoms with Crippen LogP contribution in [0.1, 0.15) is 12.8 Å². The lowest BCUT2D eigenvalue weighted by Crippen LogP contribution is -2.74. The largest absolute Gasteiger partial charge is 0.494 e. The Labute approximate surface area is 209 Å². The van der Waals surface area contributed by atoms with E-state index in [-0.39, 0.29) is 5.75 Å². The third-order valence-corrected chi connectivity index (χ3v) is 6.40. The van der Waals surface area contributed by atoms with Crippen LogP contribution in [0.5, 0.6) is 5.75 Å². The smallest absolute Gasteiger partial charge is 0.460 e. The molecule has 0 saturated heterocycles. The Morgan fingerprint density at radius 1 is 0.579 bits per heavy atom. The third-order valence-electron chi connectivity index (χ3n) is 4.69. The molecule has 0 radical (unpaired) electrons. The number of halogens is 17. The predicted molar refractivity (Wildman–Crippen MR) is 101 cm³/mol. The molecule has 0 heterocycles. The summed E-state index contributed by atoms with van der Waals surface area (Å²) in [5, 5.41) is 0. The van der Waals surface area contributed by atoms with Gasteiger partial charge < -0.3 is 4.74 Å². The van der Waals surface area contributed by atoms with Crippen molar-refractivity contribution >= 4 is 21.6 Å². The van der Waals surface area contributed by atoms with Gasteiger partial charge in [0, 0.05) is 11.3 Å². The van der Waals surface area contributed by atoms with Crippen LogP contribution in [0.25, 0.3) is 0 Å². The van der Waals surface area contributed by atoms with E-state index in [2.05, 4.69) is 0 Å². The molecule has 0 aliphatic rings. The summed E-state index contributed by atoms with van der Waals surface area (Å²) in [5.41, 5.74) is 0. The molecule has 0 N–H and O–H groups in total. The molecule has 0 saturated carbocycles. The quantitative estimate of drug-likeness (QED) is 0.0928. The van der Waals surface area contributed by atoms with Gasteiger partial charge in [0.05, 0.1) is 6.61 Å². The molecule has 0 unspecified atom stereocenters. The lowest BCUT2D eigenvalue weighted by molar-refractivity contribution is -0.461. The lowest BCUT2D eigenvalue weighted by atomic mass is 9.88. The fraction of sp³-hybridized carbons (Fsp3) is 0.667. The summed E-state index contributed by atoms with van der Waals surface area (Å²) in [7, 11) is 2.60. The van der Waals surface area contributed by atoms with Gasteiger partial charge in [-0.2, -0.15) is 74.6 Å². The summed E-state index contributed by atoms with van der Waals surface area (Å²) in [6.07, 6.45) is -9.93. The molecule has 0 aromatic heterocycles. The van der Waals surface area contributed by atoms with Crippen molar-refractivity contribution in [1.29, 1.82) is 0 Å². The number of rotatable bonds is 13. The van der Waals surface area contributed by atoms with Gasteiger partial charge in [0.15, 0.2) is 0 Å². The summed E-state index contributed by atoms with van der Waals surface area (Å²) >= 11 is 0. The van der Waals surface area contributed by atoms with E-state index in [1.54, 1.807) is 6.26 Å². The molecule has 0 spiro atoms. The summed E-state index contributed by atoms with van der Waals surface area (Å²) in [5.74, 6) is -56.3. The molecular weight excluding hydrogens is 620 g/mol. The molecule has 1 rings (SSSR count). The van der Waals surface area contributed by atoms with Crippen molar-refractivity contribution in [3.8, 4) is 5.75 Å². The standard InChI is InChI=1S/C18H13F17OS2/c1-37-38-10-5-3-9(4-6-10)36-8-2-7-11(19,20)12(21,22)13(23,24)14(25,26)15(27,28)16(29,30)17(31,32)18(33,34)35/h3-6H,2,7-8H2,1H3/i1+1. The second kappa shape index (κ2) is 10.8. The number of benzene rings is 1. The summed E-state index contributed by atoms with van der Waals surface area (Å²) in [6.45, 7) is -0.977. The topological polar surface area (TPSA) is 9.23 Å². The van der Waals surface area contributed by atoms with E-state index in [4.69, 9.17) is 4.74 Å². The maximum atomic E-state index is 13.8. The van der Waals surface area contributed by atoms with Crippen molar-refractivity contribution in [3.63, 3.8) is 0 Å². The minimum absolute atomic E-state index is 0.0742. The fourth-order valence-corrected chi connectivity index (χ4v) is 3.88. The highest BCUT2D eigenvalue weighted by Gasteiger charge is 2.95. The average Bonchev–Trinajstić information content (AvgIpc) is 2.76.